The van der Waals surface area contributed by atoms with Gasteiger partial charge in [0.2, 0.25) is 0 Å². The van der Waals surface area contributed by atoms with Crippen molar-refractivity contribution in [2.75, 3.05) is 11.9 Å². The molecular formula is C13H16N4O. The fraction of sp³-hybridized carbons (Fsp3) is 0.308. The molecule has 2 heterocycles. The number of aryl methyl sites for hydroxylation is 2. The van der Waals surface area contributed by atoms with Gasteiger partial charge in [-0.15, -0.1) is 0 Å². The summed E-state index contributed by atoms with van der Waals surface area (Å²) in [5.41, 5.74) is 2.72. The Morgan fingerprint density at radius 1 is 1.44 bits per heavy atom. The van der Waals surface area contributed by atoms with E-state index in [0.29, 0.717) is 5.56 Å². The lowest BCUT2D eigenvalue weighted by Crippen LogP contribution is -2.18. The van der Waals surface area contributed by atoms with Gasteiger partial charge in [0.05, 0.1) is 6.20 Å². The van der Waals surface area contributed by atoms with Gasteiger partial charge in [-0.2, -0.15) is 5.10 Å². The summed E-state index contributed by atoms with van der Waals surface area (Å²) in [4.78, 5) is 17.0. The molecule has 0 spiro atoms. The van der Waals surface area contributed by atoms with Crippen molar-refractivity contribution in [3.63, 3.8) is 0 Å². The topological polar surface area (TPSA) is 51.0 Å². The molecule has 0 aliphatic carbocycles. The van der Waals surface area contributed by atoms with Gasteiger partial charge in [-0.3, -0.25) is 9.48 Å². The molecule has 0 saturated carbocycles. The molecule has 5 heteroatoms. The predicted octanol–water partition coefficient (Wildman–Crippen LogP) is 1.57. The van der Waals surface area contributed by atoms with Gasteiger partial charge in [0, 0.05) is 44.2 Å². The van der Waals surface area contributed by atoms with Gasteiger partial charge in [-0.25, -0.2) is 4.98 Å². The zero-order valence-corrected chi connectivity index (χ0v) is 10.8. The highest BCUT2D eigenvalue weighted by atomic mass is 16.1. The normalized spacial score (nSPS) is 10.4. The number of aromatic nitrogens is 3. The molecule has 2 aromatic rings. The van der Waals surface area contributed by atoms with Crippen molar-refractivity contribution in [3.8, 4) is 0 Å². The maximum absolute atomic E-state index is 10.7. The van der Waals surface area contributed by atoms with E-state index in [1.165, 1.54) is 0 Å². The Bertz CT molecular complexity index is 562. The lowest BCUT2D eigenvalue weighted by molar-refractivity contribution is 0.112. The van der Waals surface area contributed by atoms with E-state index in [1.807, 2.05) is 44.4 Å². The Morgan fingerprint density at radius 3 is 2.78 bits per heavy atom. The second kappa shape index (κ2) is 5.00. The average Bonchev–Trinajstić information content (AvgIpc) is 2.74. The van der Waals surface area contributed by atoms with E-state index in [-0.39, 0.29) is 0 Å². The highest BCUT2D eigenvalue weighted by Crippen LogP contribution is 2.17. The van der Waals surface area contributed by atoms with Crippen molar-refractivity contribution in [1.29, 1.82) is 0 Å². The molecule has 0 saturated heterocycles. The summed E-state index contributed by atoms with van der Waals surface area (Å²) < 4.78 is 1.78. The van der Waals surface area contributed by atoms with Crippen molar-refractivity contribution in [2.24, 2.45) is 7.05 Å². The summed E-state index contributed by atoms with van der Waals surface area (Å²) in [6.45, 7) is 2.69. The van der Waals surface area contributed by atoms with Crippen LogP contribution in [0.25, 0.3) is 0 Å². The molecule has 0 radical (unpaired) electrons. The van der Waals surface area contributed by atoms with Crippen molar-refractivity contribution in [1.82, 2.24) is 14.8 Å². The molecule has 0 aromatic carbocycles. The zero-order valence-electron chi connectivity index (χ0n) is 10.8. The van der Waals surface area contributed by atoms with Crippen molar-refractivity contribution in [2.45, 2.75) is 13.5 Å². The lowest BCUT2D eigenvalue weighted by Gasteiger charge is -2.19. The third-order valence-electron chi connectivity index (χ3n) is 2.75. The Morgan fingerprint density at radius 2 is 2.22 bits per heavy atom. The van der Waals surface area contributed by atoms with Crippen LogP contribution in [0.15, 0.2) is 24.7 Å². The monoisotopic (exact) mass is 244 g/mol. The van der Waals surface area contributed by atoms with Crippen molar-refractivity contribution < 1.29 is 4.79 Å². The number of carbonyl (C=O) groups is 1. The standard InChI is InChI=1S/C13H16N4O/c1-10-4-11(9-18)5-14-13(10)16(2)7-12-6-15-17(3)8-12/h4-6,8-9H,7H2,1-3H3. The van der Waals surface area contributed by atoms with Gasteiger partial charge < -0.3 is 4.90 Å². The van der Waals surface area contributed by atoms with Crippen LogP contribution in [0, 0.1) is 6.92 Å². The molecule has 0 unspecified atom stereocenters. The fourth-order valence-corrected chi connectivity index (χ4v) is 1.96. The van der Waals surface area contributed by atoms with Gasteiger partial charge in [0.1, 0.15) is 5.82 Å². The molecule has 2 rings (SSSR count). The second-order valence-corrected chi connectivity index (χ2v) is 4.41. The van der Waals surface area contributed by atoms with Crippen LogP contribution < -0.4 is 4.90 Å². The molecule has 5 nitrogen and oxygen atoms in total. The number of carbonyl (C=O) groups excluding carboxylic acids is 1. The second-order valence-electron chi connectivity index (χ2n) is 4.41. The minimum atomic E-state index is 0.603. The highest BCUT2D eigenvalue weighted by Gasteiger charge is 2.08. The van der Waals surface area contributed by atoms with Gasteiger partial charge in [-0.05, 0) is 18.6 Å². The molecule has 0 amide bonds. The van der Waals surface area contributed by atoms with Crippen LogP contribution in [0.4, 0.5) is 5.82 Å². The number of anilines is 1. The summed E-state index contributed by atoms with van der Waals surface area (Å²) in [5, 5.41) is 4.14. The minimum absolute atomic E-state index is 0.603. The van der Waals surface area contributed by atoms with E-state index in [4.69, 9.17) is 0 Å². The maximum atomic E-state index is 10.7. The summed E-state index contributed by atoms with van der Waals surface area (Å²) in [6.07, 6.45) is 6.22. The Kier molecular flexibility index (Phi) is 3.41. The zero-order chi connectivity index (χ0) is 13.1. The first-order chi connectivity index (χ1) is 8.60. The van der Waals surface area contributed by atoms with Gasteiger partial charge >= 0.3 is 0 Å². The van der Waals surface area contributed by atoms with Crippen LogP contribution in [0.5, 0.6) is 0 Å². The van der Waals surface area contributed by atoms with Gasteiger partial charge in [0.25, 0.3) is 0 Å². The molecular weight excluding hydrogens is 228 g/mol. The number of aldehydes is 1. The highest BCUT2D eigenvalue weighted by molar-refractivity contribution is 5.75. The van der Waals surface area contributed by atoms with Gasteiger partial charge in [-0.1, -0.05) is 0 Å². The summed E-state index contributed by atoms with van der Waals surface area (Å²) >= 11 is 0. The van der Waals surface area contributed by atoms with E-state index in [1.54, 1.807) is 10.9 Å². The van der Waals surface area contributed by atoms with Crippen LogP contribution in [0.2, 0.25) is 0 Å². The third kappa shape index (κ3) is 2.56. The first-order valence-electron chi connectivity index (χ1n) is 5.70. The van der Waals surface area contributed by atoms with Crippen LogP contribution in [-0.4, -0.2) is 28.1 Å². The van der Waals surface area contributed by atoms with Crippen LogP contribution in [0.1, 0.15) is 21.5 Å². The molecule has 0 aliphatic rings. The molecule has 0 fully saturated rings. The number of rotatable bonds is 4. The van der Waals surface area contributed by atoms with E-state index in [0.717, 1.165) is 29.8 Å². The van der Waals surface area contributed by atoms with E-state index in [2.05, 4.69) is 10.1 Å². The number of nitrogens with zero attached hydrogens (tertiary/aromatic N) is 4. The number of hydrogen-bond donors (Lipinski definition) is 0. The van der Waals surface area contributed by atoms with Crippen LogP contribution in [0.3, 0.4) is 0 Å². The molecule has 0 aliphatic heterocycles. The maximum Gasteiger partial charge on any atom is 0.151 e. The first-order valence-corrected chi connectivity index (χ1v) is 5.70. The van der Waals surface area contributed by atoms with Gasteiger partial charge in [0.15, 0.2) is 6.29 Å². The molecule has 94 valence electrons. The van der Waals surface area contributed by atoms with E-state index in [9.17, 15) is 4.79 Å². The molecule has 0 bridgehead atoms. The summed E-state index contributed by atoms with van der Waals surface area (Å²) in [7, 11) is 3.87. The summed E-state index contributed by atoms with van der Waals surface area (Å²) in [5.74, 6) is 0.879. The fourth-order valence-electron chi connectivity index (χ4n) is 1.96. The smallest absolute Gasteiger partial charge is 0.151 e. The van der Waals surface area contributed by atoms with E-state index >= 15 is 0 Å². The first kappa shape index (κ1) is 12.3. The largest absolute Gasteiger partial charge is 0.355 e. The Hall–Kier alpha value is -2.17. The van der Waals surface area contributed by atoms with Crippen molar-refractivity contribution >= 4 is 12.1 Å². The number of hydrogen-bond acceptors (Lipinski definition) is 4. The molecule has 0 atom stereocenters. The SMILES string of the molecule is Cc1cc(C=O)cnc1N(C)Cc1cnn(C)c1. The molecule has 0 N–H and O–H groups in total. The predicted molar refractivity (Wildman–Crippen MR) is 69.7 cm³/mol. The quantitative estimate of drug-likeness (QED) is 0.766. The third-order valence-corrected chi connectivity index (χ3v) is 2.75. The Labute approximate surface area is 106 Å². The van der Waals surface area contributed by atoms with Crippen LogP contribution in [-0.2, 0) is 13.6 Å². The van der Waals surface area contributed by atoms with Crippen molar-refractivity contribution in [3.05, 3.63) is 41.3 Å². The minimum Gasteiger partial charge on any atom is -0.355 e. The van der Waals surface area contributed by atoms with Crippen LogP contribution >= 0.6 is 0 Å². The number of pyridine rings is 1. The summed E-state index contributed by atoms with van der Waals surface area (Å²) in [6, 6.07) is 1.84. The molecule has 2 aromatic heterocycles. The molecule has 18 heavy (non-hydrogen) atoms. The van der Waals surface area contributed by atoms with E-state index < -0.39 is 0 Å². The lowest BCUT2D eigenvalue weighted by atomic mass is 10.2. The Balaban J connectivity index is 2.18. The average molecular weight is 244 g/mol.